The number of rotatable bonds is 4. The van der Waals surface area contributed by atoms with Crippen molar-refractivity contribution in [2.24, 2.45) is 5.41 Å². The van der Waals surface area contributed by atoms with Gasteiger partial charge >= 0.3 is 0 Å². The van der Waals surface area contributed by atoms with Gasteiger partial charge in [0, 0.05) is 43.8 Å². The van der Waals surface area contributed by atoms with E-state index in [2.05, 4.69) is 4.57 Å². The Bertz CT molecular complexity index is 583. The fourth-order valence-electron chi connectivity index (χ4n) is 4.35. The third kappa shape index (κ3) is 2.41. The Hall–Kier alpha value is -1.33. The molecule has 1 aliphatic heterocycles. The molecule has 2 saturated carbocycles. The van der Waals surface area contributed by atoms with E-state index in [1.54, 1.807) is 0 Å². The van der Waals surface area contributed by atoms with E-state index in [0.717, 1.165) is 38.0 Å². The average Bonchev–Trinajstić information content (AvgIpc) is 3.31. The molecule has 126 valence electrons. The van der Waals surface area contributed by atoms with E-state index in [9.17, 15) is 9.90 Å². The molecule has 0 radical (unpaired) electrons. The van der Waals surface area contributed by atoms with Crippen LogP contribution >= 0.6 is 0 Å². The number of hydrogen-bond donors (Lipinski definition) is 1. The fourth-order valence-corrected chi connectivity index (χ4v) is 4.35. The average molecular weight is 318 g/mol. The van der Waals surface area contributed by atoms with Gasteiger partial charge in [0.1, 0.15) is 5.69 Å². The normalized spacial score (nSPS) is 29.6. The first kappa shape index (κ1) is 15.2. The van der Waals surface area contributed by atoms with Gasteiger partial charge in [0.05, 0.1) is 12.2 Å². The lowest BCUT2D eigenvalue weighted by molar-refractivity contribution is -0.207. The summed E-state index contributed by atoms with van der Waals surface area (Å²) in [4.78, 5) is 14.8. The van der Waals surface area contributed by atoms with Gasteiger partial charge in [-0.1, -0.05) is 0 Å². The molecule has 1 spiro atoms. The monoisotopic (exact) mass is 318 g/mol. The highest BCUT2D eigenvalue weighted by Gasteiger charge is 2.56. The summed E-state index contributed by atoms with van der Waals surface area (Å²) in [5.74, 6) is 0.138. The highest BCUT2D eigenvalue weighted by atomic mass is 16.5. The highest BCUT2D eigenvalue weighted by molar-refractivity contribution is 5.93. The Balaban J connectivity index is 1.43. The van der Waals surface area contributed by atoms with Crippen molar-refractivity contribution in [3.05, 3.63) is 24.0 Å². The van der Waals surface area contributed by atoms with Gasteiger partial charge < -0.3 is 19.3 Å². The van der Waals surface area contributed by atoms with E-state index in [1.165, 1.54) is 12.8 Å². The van der Waals surface area contributed by atoms with Crippen LogP contribution in [-0.4, -0.2) is 52.4 Å². The predicted octanol–water partition coefficient (Wildman–Crippen LogP) is 2.22. The van der Waals surface area contributed by atoms with Crippen LogP contribution < -0.4 is 0 Å². The molecule has 1 aromatic heterocycles. The van der Waals surface area contributed by atoms with Crippen molar-refractivity contribution in [2.45, 2.75) is 57.3 Å². The Kier molecular flexibility index (Phi) is 3.73. The molecule has 1 saturated heterocycles. The molecule has 3 aliphatic rings. The summed E-state index contributed by atoms with van der Waals surface area (Å²) in [5, 5.41) is 10.3. The second kappa shape index (κ2) is 5.64. The summed E-state index contributed by atoms with van der Waals surface area (Å²) in [6.45, 7) is 4.13. The molecule has 23 heavy (non-hydrogen) atoms. The molecule has 1 amide bonds. The van der Waals surface area contributed by atoms with E-state index in [1.807, 2.05) is 30.2 Å². The van der Waals surface area contributed by atoms with E-state index < -0.39 is 0 Å². The summed E-state index contributed by atoms with van der Waals surface area (Å²) in [5.41, 5.74) is 0.699. The minimum Gasteiger partial charge on any atom is -0.392 e. The fraction of sp³-hybridized carbons (Fsp3) is 0.722. The summed E-state index contributed by atoms with van der Waals surface area (Å²) < 4.78 is 7.93. The van der Waals surface area contributed by atoms with E-state index >= 15 is 0 Å². The van der Waals surface area contributed by atoms with Gasteiger partial charge in [-0.2, -0.15) is 0 Å². The largest absolute Gasteiger partial charge is 0.392 e. The molecule has 5 nitrogen and oxygen atoms in total. The van der Waals surface area contributed by atoms with Crippen LogP contribution in [0.1, 0.15) is 55.6 Å². The maximum atomic E-state index is 12.8. The summed E-state index contributed by atoms with van der Waals surface area (Å²) in [6.07, 6.45) is 6.70. The first-order valence-corrected chi connectivity index (χ1v) is 8.91. The minimum absolute atomic E-state index is 0.120. The lowest BCUT2D eigenvalue weighted by Crippen LogP contribution is -2.62. The van der Waals surface area contributed by atoms with Crippen molar-refractivity contribution in [1.29, 1.82) is 0 Å². The zero-order valence-corrected chi connectivity index (χ0v) is 13.8. The molecular formula is C18H26N2O3. The number of aliphatic hydroxyl groups excluding tert-OH is 1. The summed E-state index contributed by atoms with van der Waals surface area (Å²) >= 11 is 0. The van der Waals surface area contributed by atoms with Gasteiger partial charge in [-0.25, -0.2) is 0 Å². The molecule has 5 heteroatoms. The van der Waals surface area contributed by atoms with Crippen LogP contribution in [-0.2, 0) is 4.74 Å². The van der Waals surface area contributed by atoms with Crippen LogP contribution in [0.4, 0.5) is 0 Å². The molecule has 1 N–H and O–H groups in total. The summed E-state index contributed by atoms with van der Waals surface area (Å²) in [7, 11) is 0. The molecule has 0 bridgehead atoms. The zero-order valence-electron chi connectivity index (χ0n) is 13.8. The lowest BCUT2D eigenvalue weighted by Gasteiger charge is -2.56. The predicted molar refractivity (Wildman–Crippen MR) is 86.3 cm³/mol. The number of carbonyl (C=O) groups is 1. The Morgan fingerprint density at radius 3 is 2.74 bits per heavy atom. The Morgan fingerprint density at radius 2 is 2.13 bits per heavy atom. The van der Waals surface area contributed by atoms with E-state index in [4.69, 9.17) is 4.74 Å². The van der Waals surface area contributed by atoms with Crippen molar-refractivity contribution in [3.8, 4) is 0 Å². The van der Waals surface area contributed by atoms with Crippen molar-refractivity contribution in [1.82, 2.24) is 9.47 Å². The number of hydrogen-bond acceptors (Lipinski definition) is 3. The van der Waals surface area contributed by atoms with Gasteiger partial charge in [-0.15, -0.1) is 0 Å². The Morgan fingerprint density at radius 1 is 1.39 bits per heavy atom. The topological polar surface area (TPSA) is 54.7 Å². The Labute approximate surface area is 137 Å². The molecule has 2 aliphatic carbocycles. The van der Waals surface area contributed by atoms with Crippen molar-refractivity contribution in [3.63, 3.8) is 0 Å². The number of ether oxygens (including phenoxy) is 1. The molecular weight excluding hydrogens is 292 g/mol. The standard InChI is InChI=1S/C18H26N2O3/c1-2-23-16-12-15(21)18(16)7-10-19(11-8-18)17(22)14-4-3-9-20(14)13-5-6-13/h3-4,9,13,15-16,21H,2,5-8,10-12H2,1H3. The number of aliphatic hydroxyl groups is 1. The quantitative estimate of drug-likeness (QED) is 0.926. The number of nitrogens with zero attached hydrogens (tertiary/aromatic N) is 2. The van der Waals surface area contributed by atoms with Gasteiger partial charge in [-0.05, 0) is 44.7 Å². The number of aromatic nitrogens is 1. The third-order valence-electron chi connectivity index (χ3n) is 6.03. The maximum Gasteiger partial charge on any atom is 0.270 e. The number of likely N-dealkylation sites (tertiary alicyclic amines) is 1. The van der Waals surface area contributed by atoms with Crippen molar-refractivity contribution < 1.29 is 14.6 Å². The van der Waals surface area contributed by atoms with Crippen LogP contribution in [0, 0.1) is 5.41 Å². The van der Waals surface area contributed by atoms with Crippen LogP contribution in [0.15, 0.2) is 18.3 Å². The van der Waals surface area contributed by atoms with Gasteiger partial charge in [0.2, 0.25) is 0 Å². The molecule has 4 rings (SSSR count). The highest BCUT2D eigenvalue weighted by Crippen LogP contribution is 2.51. The first-order valence-electron chi connectivity index (χ1n) is 8.91. The van der Waals surface area contributed by atoms with Crippen molar-refractivity contribution in [2.75, 3.05) is 19.7 Å². The van der Waals surface area contributed by atoms with Crippen LogP contribution in [0.25, 0.3) is 0 Å². The van der Waals surface area contributed by atoms with E-state index in [-0.39, 0.29) is 23.5 Å². The van der Waals surface area contributed by atoms with Gasteiger partial charge in [0.15, 0.2) is 0 Å². The smallest absolute Gasteiger partial charge is 0.270 e. The first-order chi connectivity index (χ1) is 11.2. The van der Waals surface area contributed by atoms with E-state index in [0.29, 0.717) is 12.6 Å². The second-order valence-corrected chi connectivity index (χ2v) is 7.25. The van der Waals surface area contributed by atoms with Crippen molar-refractivity contribution >= 4 is 5.91 Å². The maximum absolute atomic E-state index is 12.8. The molecule has 2 heterocycles. The molecule has 2 unspecified atom stereocenters. The zero-order chi connectivity index (χ0) is 16.0. The lowest BCUT2D eigenvalue weighted by atomic mass is 9.58. The SMILES string of the molecule is CCOC1CC(O)C12CCN(C(=O)c1cccn1C1CC1)CC2. The van der Waals surface area contributed by atoms with Crippen LogP contribution in [0.5, 0.6) is 0 Å². The number of amides is 1. The number of carbonyl (C=O) groups excluding carboxylic acids is 1. The van der Waals surface area contributed by atoms with Crippen LogP contribution in [0.3, 0.4) is 0 Å². The second-order valence-electron chi connectivity index (χ2n) is 7.25. The molecule has 1 aromatic rings. The van der Waals surface area contributed by atoms with Gasteiger partial charge in [-0.3, -0.25) is 4.79 Å². The van der Waals surface area contributed by atoms with Crippen LogP contribution in [0.2, 0.25) is 0 Å². The molecule has 2 atom stereocenters. The van der Waals surface area contributed by atoms with Gasteiger partial charge in [0.25, 0.3) is 5.91 Å². The third-order valence-corrected chi connectivity index (χ3v) is 6.03. The molecule has 3 fully saturated rings. The summed E-state index contributed by atoms with van der Waals surface area (Å²) in [6, 6.07) is 4.43. The molecule has 0 aromatic carbocycles. The minimum atomic E-state index is -0.272. The number of piperidine rings is 1.